The standard InChI is InChI=1S/C23H25N3O6S/c24-10-17-16-3-1-15(13-32-23(30)26-7-5-18(27)19(28)11-26)9-20(16)33-22(17)25-21(29)4-2-14-6-8-31-12-14/h2,4,6,8,12,15,18-19,27-28H,1,3,5,7,9,11,13H2,(H,25,29)/b4-2+. The van der Waals surface area contributed by atoms with Crippen LogP contribution in [0.2, 0.25) is 0 Å². The molecule has 33 heavy (non-hydrogen) atoms. The summed E-state index contributed by atoms with van der Waals surface area (Å²) in [5.41, 5.74) is 2.22. The van der Waals surface area contributed by atoms with Gasteiger partial charge in [0.2, 0.25) is 5.91 Å². The van der Waals surface area contributed by atoms with Gasteiger partial charge >= 0.3 is 6.09 Å². The van der Waals surface area contributed by atoms with Crippen LogP contribution in [0.5, 0.6) is 0 Å². The predicted octanol–water partition coefficient (Wildman–Crippen LogP) is 2.53. The van der Waals surface area contributed by atoms with Gasteiger partial charge in [-0.2, -0.15) is 5.26 Å². The summed E-state index contributed by atoms with van der Waals surface area (Å²) in [6.07, 6.45) is 6.22. The van der Waals surface area contributed by atoms with Gasteiger partial charge in [0.25, 0.3) is 0 Å². The van der Waals surface area contributed by atoms with Crippen molar-refractivity contribution in [2.75, 3.05) is 25.0 Å². The molecule has 10 heteroatoms. The fourth-order valence-corrected chi connectivity index (χ4v) is 5.38. The van der Waals surface area contributed by atoms with Crippen LogP contribution < -0.4 is 5.32 Å². The molecule has 2 amide bonds. The Morgan fingerprint density at radius 2 is 2.21 bits per heavy atom. The molecule has 1 saturated heterocycles. The van der Waals surface area contributed by atoms with E-state index >= 15 is 0 Å². The van der Waals surface area contributed by atoms with Crippen molar-refractivity contribution in [1.29, 1.82) is 5.26 Å². The largest absolute Gasteiger partial charge is 0.472 e. The third-order valence-electron chi connectivity index (χ3n) is 5.93. The zero-order valence-corrected chi connectivity index (χ0v) is 18.7. The number of β-amino-alcohol motifs (C(OH)–C–C–N with tert-alkyl or cyclic N) is 1. The minimum absolute atomic E-state index is 0.0589. The van der Waals surface area contributed by atoms with Crippen LogP contribution >= 0.6 is 11.3 Å². The van der Waals surface area contributed by atoms with E-state index in [4.69, 9.17) is 9.15 Å². The highest BCUT2D eigenvalue weighted by Gasteiger charge is 2.31. The maximum absolute atomic E-state index is 12.3. The topological polar surface area (TPSA) is 136 Å². The van der Waals surface area contributed by atoms with Gasteiger partial charge in [-0.3, -0.25) is 4.79 Å². The lowest BCUT2D eigenvalue weighted by molar-refractivity contribution is -0.111. The van der Waals surface area contributed by atoms with Gasteiger partial charge in [-0.15, -0.1) is 11.3 Å². The van der Waals surface area contributed by atoms with Crippen molar-refractivity contribution in [3.05, 3.63) is 46.2 Å². The Hall–Kier alpha value is -3.13. The minimum atomic E-state index is -0.956. The molecule has 1 fully saturated rings. The van der Waals surface area contributed by atoms with Crippen LogP contribution in [-0.2, 0) is 22.4 Å². The number of hydrogen-bond donors (Lipinski definition) is 3. The van der Waals surface area contributed by atoms with Gasteiger partial charge in [-0.25, -0.2) is 4.79 Å². The Kier molecular flexibility index (Phi) is 7.13. The highest BCUT2D eigenvalue weighted by atomic mass is 32.1. The predicted molar refractivity (Wildman–Crippen MR) is 120 cm³/mol. The summed E-state index contributed by atoms with van der Waals surface area (Å²) >= 11 is 1.39. The number of nitrogens with one attached hydrogen (secondary N) is 1. The van der Waals surface area contributed by atoms with Gasteiger partial charge in [-0.05, 0) is 49.3 Å². The Morgan fingerprint density at radius 1 is 1.36 bits per heavy atom. The van der Waals surface area contributed by atoms with Gasteiger partial charge in [-0.1, -0.05) is 0 Å². The summed E-state index contributed by atoms with van der Waals surface area (Å²) in [5.74, 6) is -0.220. The third kappa shape index (κ3) is 5.45. The first-order chi connectivity index (χ1) is 15.9. The molecule has 3 heterocycles. The SMILES string of the molecule is N#Cc1c(NC(=O)/C=C/c2ccoc2)sc2c1CCC(COC(=O)N1CCC(O)C(O)C1)C2. The summed E-state index contributed by atoms with van der Waals surface area (Å²) in [6, 6.07) is 3.95. The molecular weight excluding hydrogens is 446 g/mol. The van der Waals surface area contributed by atoms with Gasteiger partial charge < -0.3 is 29.6 Å². The number of aliphatic hydroxyl groups is 2. The highest BCUT2D eigenvalue weighted by Crippen LogP contribution is 2.39. The molecule has 174 valence electrons. The lowest BCUT2D eigenvalue weighted by Crippen LogP contribution is -2.49. The Bertz CT molecular complexity index is 1070. The number of thiophene rings is 1. The number of hydrogen-bond acceptors (Lipinski definition) is 8. The number of aliphatic hydroxyl groups excluding tert-OH is 2. The van der Waals surface area contributed by atoms with Crippen molar-refractivity contribution in [2.24, 2.45) is 5.92 Å². The molecule has 1 aliphatic carbocycles. The normalized spacial score (nSPS) is 22.6. The van der Waals surface area contributed by atoms with Crippen molar-refractivity contribution in [3.8, 4) is 6.07 Å². The van der Waals surface area contributed by atoms with Crippen molar-refractivity contribution in [3.63, 3.8) is 0 Å². The molecule has 0 saturated carbocycles. The van der Waals surface area contributed by atoms with Crippen molar-refractivity contribution < 1.29 is 29.0 Å². The molecule has 9 nitrogen and oxygen atoms in total. The van der Waals surface area contributed by atoms with Crippen molar-refractivity contribution in [2.45, 2.75) is 37.9 Å². The summed E-state index contributed by atoms with van der Waals surface area (Å²) in [5, 5.41) is 32.3. The van der Waals surface area contributed by atoms with Crippen LogP contribution in [0.3, 0.4) is 0 Å². The number of nitriles is 1. The van der Waals surface area contributed by atoms with E-state index in [1.165, 1.54) is 34.8 Å². The number of likely N-dealkylation sites (tertiary alicyclic amines) is 1. The molecule has 4 rings (SSSR count). The van der Waals surface area contributed by atoms with Crippen LogP contribution in [0.1, 0.15) is 34.4 Å². The molecular formula is C23H25N3O6S. The lowest BCUT2D eigenvalue weighted by Gasteiger charge is -2.33. The van der Waals surface area contributed by atoms with E-state index in [1.54, 1.807) is 12.1 Å². The van der Waals surface area contributed by atoms with Gasteiger partial charge in [0.15, 0.2) is 0 Å². The molecule has 0 bridgehead atoms. The van der Waals surface area contributed by atoms with E-state index in [-0.39, 0.29) is 25.0 Å². The van der Waals surface area contributed by atoms with Gasteiger partial charge in [0, 0.05) is 23.1 Å². The second kappa shape index (κ2) is 10.2. The number of ether oxygens (including phenoxy) is 1. The first-order valence-electron chi connectivity index (χ1n) is 10.8. The fourth-order valence-electron chi connectivity index (χ4n) is 4.06. The first kappa shape index (κ1) is 23.0. The average Bonchev–Trinajstić information content (AvgIpc) is 3.44. The number of rotatable bonds is 5. The first-order valence-corrected chi connectivity index (χ1v) is 11.6. The number of anilines is 1. The Morgan fingerprint density at radius 3 is 2.94 bits per heavy atom. The smallest absolute Gasteiger partial charge is 0.409 e. The van der Waals surface area contributed by atoms with E-state index < -0.39 is 18.3 Å². The van der Waals surface area contributed by atoms with Gasteiger partial charge in [0.1, 0.15) is 11.1 Å². The number of piperidine rings is 1. The number of carbonyl (C=O) groups excluding carboxylic acids is 2. The molecule has 3 unspecified atom stereocenters. The van der Waals surface area contributed by atoms with Crippen LogP contribution in [0, 0.1) is 17.2 Å². The summed E-state index contributed by atoms with van der Waals surface area (Å²) in [6.45, 7) is 0.645. The number of nitrogens with zero attached hydrogens (tertiary/aromatic N) is 2. The third-order valence-corrected chi connectivity index (χ3v) is 7.10. The van der Waals surface area contributed by atoms with Crippen molar-refractivity contribution >= 4 is 34.4 Å². The minimum Gasteiger partial charge on any atom is -0.472 e. The maximum Gasteiger partial charge on any atom is 0.409 e. The molecule has 0 aromatic carbocycles. The van der Waals surface area contributed by atoms with E-state index in [9.17, 15) is 25.1 Å². The summed E-state index contributed by atoms with van der Waals surface area (Å²) < 4.78 is 10.4. The lowest BCUT2D eigenvalue weighted by atomic mass is 9.88. The molecule has 2 aromatic heterocycles. The van der Waals surface area contributed by atoms with Crippen LogP contribution in [-0.4, -0.2) is 59.0 Å². The van der Waals surface area contributed by atoms with Crippen molar-refractivity contribution in [1.82, 2.24) is 4.90 Å². The highest BCUT2D eigenvalue weighted by molar-refractivity contribution is 7.16. The second-order valence-electron chi connectivity index (χ2n) is 8.25. The average molecular weight is 472 g/mol. The Labute approximate surface area is 194 Å². The van der Waals surface area contributed by atoms with Crippen LogP contribution in [0.15, 0.2) is 29.1 Å². The molecule has 3 N–H and O–H groups in total. The fraction of sp³-hybridized carbons (Fsp3) is 0.435. The molecule has 2 aromatic rings. The molecule has 0 spiro atoms. The van der Waals surface area contributed by atoms with Crippen LogP contribution in [0.4, 0.5) is 9.80 Å². The second-order valence-corrected chi connectivity index (χ2v) is 9.36. The zero-order chi connectivity index (χ0) is 23.4. The molecule has 3 atom stereocenters. The Balaban J connectivity index is 1.34. The van der Waals surface area contributed by atoms with Crippen LogP contribution in [0.25, 0.3) is 6.08 Å². The number of amides is 2. The number of carbonyl (C=O) groups is 2. The zero-order valence-electron chi connectivity index (χ0n) is 17.9. The number of fused-ring (bicyclic) bond motifs is 1. The monoisotopic (exact) mass is 471 g/mol. The van der Waals surface area contributed by atoms with E-state index in [0.717, 1.165) is 22.4 Å². The molecule has 2 aliphatic rings. The molecule has 1 aliphatic heterocycles. The summed E-state index contributed by atoms with van der Waals surface area (Å²) in [4.78, 5) is 27.0. The summed E-state index contributed by atoms with van der Waals surface area (Å²) in [7, 11) is 0. The van der Waals surface area contributed by atoms with E-state index in [1.807, 2.05) is 0 Å². The van der Waals surface area contributed by atoms with E-state index in [2.05, 4.69) is 11.4 Å². The quantitative estimate of drug-likeness (QED) is 0.570. The van der Waals surface area contributed by atoms with Gasteiger partial charge in [0.05, 0.1) is 43.4 Å². The maximum atomic E-state index is 12.3. The number of furan rings is 1. The van der Waals surface area contributed by atoms with E-state index in [0.29, 0.717) is 36.4 Å². The molecule has 0 radical (unpaired) electrons.